The van der Waals surface area contributed by atoms with Gasteiger partial charge in [0.05, 0.1) is 17.9 Å². The van der Waals surface area contributed by atoms with Crippen LogP contribution in [0.2, 0.25) is 0 Å². The van der Waals surface area contributed by atoms with Gasteiger partial charge in [-0.2, -0.15) is 0 Å². The Morgan fingerprint density at radius 3 is 2.73 bits per heavy atom. The first-order chi connectivity index (χ1) is 7.45. The average molecular weight is 216 g/mol. The van der Waals surface area contributed by atoms with Crippen molar-refractivity contribution < 1.29 is 0 Å². The molecule has 76 valence electrons. The maximum atomic E-state index is 4.29. The Morgan fingerprint density at radius 1 is 1.13 bits per heavy atom. The number of hydrogen-bond donors (Lipinski definition) is 1. The highest BCUT2D eigenvalue weighted by Gasteiger charge is 1.88. The Morgan fingerprint density at radius 2 is 2.00 bits per heavy atom. The van der Waals surface area contributed by atoms with Crippen molar-refractivity contribution in [3.05, 3.63) is 53.4 Å². The summed E-state index contributed by atoms with van der Waals surface area (Å²) in [5.41, 5.74) is 1.22. The van der Waals surface area contributed by atoms with Crippen LogP contribution >= 0.6 is 11.3 Å². The molecule has 0 spiro atoms. The van der Waals surface area contributed by atoms with Gasteiger partial charge in [0.25, 0.3) is 0 Å². The zero-order valence-electron chi connectivity index (χ0n) is 8.26. The molecule has 0 aliphatic heterocycles. The van der Waals surface area contributed by atoms with Crippen LogP contribution in [-0.2, 0) is 6.54 Å². The van der Waals surface area contributed by atoms with E-state index in [9.17, 15) is 0 Å². The van der Waals surface area contributed by atoms with Gasteiger partial charge in [0.2, 0.25) is 0 Å². The van der Waals surface area contributed by atoms with Crippen LogP contribution in [0.5, 0.6) is 0 Å². The molecule has 0 unspecified atom stereocenters. The Balaban J connectivity index is 1.81. The quantitative estimate of drug-likeness (QED) is 0.615. The van der Waals surface area contributed by atoms with E-state index in [1.165, 1.54) is 5.56 Å². The van der Waals surface area contributed by atoms with E-state index in [1.807, 2.05) is 35.7 Å². The van der Waals surface area contributed by atoms with Crippen LogP contribution in [0.15, 0.2) is 52.8 Å². The molecule has 0 saturated heterocycles. The molecule has 0 aliphatic rings. The van der Waals surface area contributed by atoms with Crippen molar-refractivity contribution in [2.75, 3.05) is 5.32 Å². The third-order valence-electron chi connectivity index (χ3n) is 1.94. The van der Waals surface area contributed by atoms with Crippen LogP contribution < -0.4 is 5.32 Å². The summed E-state index contributed by atoms with van der Waals surface area (Å²) in [5, 5.41) is 6.27. The van der Waals surface area contributed by atoms with Crippen molar-refractivity contribution in [2.24, 2.45) is 4.99 Å². The second-order valence-electron chi connectivity index (χ2n) is 3.08. The highest BCUT2D eigenvalue weighted by atomic mass is 32.1. The molecule has 2 nitrogen and oxygen atoms in total. The first-order valence-electron chi connectivity index (χ1n) is 4.77. The molecule has 1 aromatic carbocycles. The SMILES string of the molecule is C(=NCc1ccccc1)Nc1cccs1. The summed E-state index contributed by atoms with van der Waals surface area (Å²) >= 11 is 1.67. The van der Waals surface area contributed by atoms with Gasteiger partial charge in [0.1, 0.15) is 0 Å². The van der Waals surface area contributed by atoms with E-state index in [4.69, 9.17) is 0 Å². The van der Waals surface area contributed by atoms with Crippen LogP contribution in [0.1, 0.15) is 5.56 Å². The molecule has 2 aromatic rings. The smallest absolute Gasteiger partial charge is 0.0933 e. The topological polar surface area (TPSA) is 24.4 Å². The predicted molar refractivity (Wildman–Crippen MR) is 66.6 cm³/mol. The van der Waals surface area contributed by atoms with E-state index in [2.05, 4.69) is 22.4 Å². The standard InChI is InChI=1S/C12H12N2S/c1-2-5-11(6-3-1)9-13-10-14-12-7-4-8-15-12/h1-8,10H,9H2,(H,13,14). The lowest BCUT2D eigenvalue weighted by Gasteiger charge is -1.95. The highest BCUT2D eigenvalue weighted by Crippen LogP contribution is 2.13. The van der Waals surface area contributed by atoms with Crippen LogP contribution in [0.4, 0.5) is 5.00 Å². The maximum Gasteiger partial charge on any atom is 0.0933 e. The molecule has 0 bridgehead atoms. The number of hydrogen-bond acceptors (Lipinski definition) is 2. The van der Waals surface area contributed by atoms with Gasteiger partial charge in [-0.25, -0.2) is 0 Å². The van der Waals surface area contributed by atoms with Gasteiger partial charge in [0.15, 0.2) is 0 Å². The normalized spacial score (nSPS) is 10.7. The first kappa shape index (κ1) is 9.93. The van der Waals surface area contributed by atoms with Gasteiger partial charge >= 0.3 is 0 Å². The van der Waals surface area contributed by atoms with Gasteiger partial charge in [-0.15, -0.1) is 11.3 Å². The summed E-state index contributed by atoms with van der Waals surface area (Å²) in [6.45, 7) is 0.721. The minimum Gasteiger partial charge on any atom is -0.338 e. The summed E-state index contributed by atoms with van der Waals surface area (Å²) in [5.74, 6) is 0. The molecule has 0 saturated carbocycles. The number of rotatable bonds is 4. The van der Waals surface area contributed by atoms with E-state index < -0.39 is 0 Å². The molecule has 0 atom stereocenters. The molecule has 0 radical (unpaired) electrons. The lowest BCUT2D eigenvalue weighted by Crippen LogP contribution is -1.92. The van der Waals surface area contributed by atoms with Crippen molar-refractivity contribution in [3.8, 4) is 0 Å². The van der Waals surface area contributed by atoms with E-state index in [0.717, 1.165) is 11.5 Å². The average Bonchev–Trinajstić information content (AvgIpc) is 2.79. The van der Waals surface area contributed by atoms with E-state index in [0.29, 0.717) is 0 Å². The molecule has 0 fully saturated rings. The number of aliphatic imine (C=N–C) groups is 1. The van der Waals surface area contributed by atoms with Crippen LogP contribution in [0.25, 0.3) is 0 Å². The summed E-state index contributed by atoms with van der Waals surface area (Å²) in [6.07, 6.45) is 1.75. The molecule has 0 amide bonds. The molecule has 1 N–H and O–H groups in total. The van der Waals surface area contributed by atoms with Crippen molar-refractivity contribution in [1.29, 1.82) is 0 Å². The van der Waals surface area contributed by atoms with Crippen LogP contribution in [0.3, 0.4) is 0 Å². The van der Waals surface area contributed by atoms with E-state index >= 15 is 0 Å². The van der Waals surface area contributed by atoms with Gasteiger partial charge in [-0.1, -0.05) is 30.3 Å². The largest absolute Gasteiger partial charge is 0.338 e. The number of nitrogens with zero attached hydrogens (tertiary/aromatic N) is 1. The Hall–Kier alpha value is -1.61. The number of nitrogens with one attached hydrogen (secondary N) is 1. The minimum atomic E-state index is 0.721. The molecular formula is C12H12N2S. The summed E-state index contributed by atoms with van der Waals surface area (Å²) in [4.78, 5) is 4.29. The second kappa shape index (κ2) is 5.32. The molecule has 3 heteroatoms. The zero-order chi connectivity index (χ0) is 10.3. The van der Waals surface area contributed by atoms with Crippen LogP contribution in [-0.4, -0.2) is 6.34 Å². The minimum absolute atomic E-state index is 0.721. The maximum absolute atomic E-state index is 4.29. The number of benzene rings is 1. The van der Waals surface area contributed by atoms with Gasteiger partial charge < -0.3 is 5.32 Å². The molecule has 2 rings (SSSR count). The van der Waals surface area contributed by atoms with E-state index in [1.54, 1.807) is 17.7 Å². The zero-order valence-corrected chi connectivity index (χ0v) is 9.08. The third kappa shape index (κ3) is 3.22. The summed E-state index contributed by atoms with van der Waals surface area (Å²) in [7, 11) is 0. The fourth-order valence-corrected chi connectivity index (χ4v) is 1.79. The van der Waals surface area contributed by atoms with Gasteiger partial charge in [0, 0.05) is 0 Å². The first-order valence-corrected chi connectivity index (χ1v) is 5.65. The molecular weight excluding hydrogens is 204 g/mol. The van der Waals surface area contributed by atoms with Crippen molar-refractivity contribution in [1.82, 2.24) is 0 Å². The molecule has 1 aromatic heterocycles. The second-order valence-corrected chi connectivity index (χ2v) is 4.02. The predicted octanol–water partition coefficient (Wildman–Crippen LogP) is 3.39. The molecule has 0 aliphatic carbocycles. The summed E-state index contributed by atoms with van der Waals surface area (Å²) < 4.78 is 0. The molecule has 1 heterocycles. The lowest BCUT2D eigenvalue weighted by molar-refractivity contribution is 1.08. The number of anilines is 1. The van der Waals surface area contributed by atoms with Crippen molar-refractivity contribution in [3.63, 3.8) is 0 Å². The fourth-order valence-electron chi connectivity index (χ4n) is 1.20. The van der Waals surface area contributed by atoms with Crippen molar-refractivity contribution in [2.45, 2.75) is 6.54 Å². The van der Waals surface area contributed by atoms with Crippen LogP contribution in [0, 0.1) is 0 Å². The third-order valence-corrected chi connectivity index (χ3v) is 2.74. The number of thiophene rings is 1. The summed E-state index contributed by atoms with van der Waals surface area (Å²) in [6, 6.07) is 14.2. The van der Waals surface area contributed by atoms with Gasteiger partial charge in [-0.3, -0.25) is 4.99 Å². The van der Waals surface area contributed by atoms with E-state index in [-0.39, 0.29) is 0 Å². The Bertz CT molecular complexity index is 406. The lowest BCUT2D eigenvalue weighted by atomic mass is 10.2. The Kier molecular flexibility index (Phi) is 3.52. The highest BCUT2D eigenvalue weighted by molar-refractivity contribution is 7.14. The fraction of sp³-hybridized carbons (Fsp3) is 0.0833. The monoisotopic (exact) mass is 216 g/mol. The van der Waals surface area contributed by atoms with Crippen molar-refractivity contribution >= 4 is 22.7 Å². The Labute approximate surface area is 93.3 Å². The molecule has 15 heavy (non-hydrogen) atoms. The van der Waals surface area contributed by atoms with Gasteiger partial charge in [-0.05, 0) is 23.1 Å².